The quantitative estimate of drug-likeness (QED) is 0.893. The van der Waals surface area contributed by atoms with Crippen LogP contribution in [0, 0.1) is 12.8 Å². The molecule has 0 unspecified atom stereocenters. The maximum atomic E-state index is 3.54. The van der Waals surface area contributed by atoms with E-state index in [1.165, 1.54) is 35.5 Å². The lowest BCUT2D eigenvalue weighted by Gasteiger charge is -2.37. The Balaban J connectivity index is 1.33. The molecule has 1 saturated heterocycles. The lowest BCUT2D eigenvalue weighted by molar-refractivity contribution is 0.653. The van der Waals surface area contributed by atoms with Crippen LogP contribution in [-0.4, -0.2) is 32.7 Å². The van der Waals surface area contributed by atoms with Gasteiger partial charge in [0.25, 0.3) is 0 Å². The Bertz CT molecular complexity index is 668. The van der Waals surface area contributed by atoms with E-state index in [9.17, 15) is 0 Å². The maximum absolute atomic E-state index is 3.54. The van der Waals surface area contributed by atoms with Gasteiger partial charge >= 0.3 is 0 Å². The van der Waals surface area contributed by atoms with E-state index in [-0.39, 0.29) is 0 Å². The van der Waals surface area contributed by atoms with Crippen LogP contribution in [0.3, 0.4) is 0 Å². The SMILES string of the molecule is Cc1cccc(N2CCN(c3ccc(NCC4CC4)cc3)CC2)c1. The first-order valence-corrected chi connectivity index (χ1v) is 9.18. The van der Waals surface area contributed by atoms with Gasteiger partial charge in [0, 0.05) is 49.8 Å². The second-order valence-electron chi connectivity index (χ2n) is 7.18. The van der Waals surface area contributed by atoms with Crippen molar-refractivity contribution in [3.63, 3.8) is 0 Å². The van der Waals surface area contributed by atoms with E-state index in [1.807, 2.05) is 0 Å². The van der Waals surface area contributed by atoms with Crippen molar-refractivity contribution in [3.8, 4) is 0 Å². The zero-order valence-corrected chi connectivity index (χ0v) is 14.5. The fourth-order valence-electron chi connectivity index (χ4n) is 3.42. The van der Waals surface area contributed by atoms with Crippen molar-refractivity contribution >= 4 is 17.1 Å². The van der Waals surface area contributed by atoms with E-state index in [1.54, 1.807) is 0 Å². The fraction of sp³-hybridized carbons (Fsp3) is 0.429. The zero-order valence-electron chi connectivity index (χ0n) is 14.5. The molecule has 1 aliphatic heterocycles. The summed E-state index contributed by atoms with van der Waals surface area (Å²) in [7, 11) is 0. The normalized spacial score (nSPS) is 17.9. The van der Waals surface area contributed by atoms with Gasteiger partial charge in [0.15, 0.2) is 0 Å². The number of nitrogens with one attached hydrogen (secondary N) is 1. The number of benzene rings is 2. The largest absolute Gasteiger partial charge is 0.385 e. The highest BCUT2D eigenvalue weighted by atomic mass is 15.3. The van der Waals surface area contributed by atoms with E-state index < -0.39 is 0 Å². The number of rotatable bonds is 5. The van der Waals surface area contributed by atoms with E-state index in [2.05, 4.69) is 70.6 Å². The Hall–Kier alpha value is -2.16. The summed E-state index contributed by atoms with van der Waals surface area (Å²) in [6, 6.07) is 17.8. The molecule has 1 N–H and O–H groups in total. The van der Waals surface area contributed by atoms with Crippen LogP contribution in [0.1, 0.15) is 18.4 Å². The molecule has 2 fully saturated rings. The predicted octanol–water partition coefficient (Wildman–Crippen LogP) is 4.14. The third-order valence-electron chi connectivity index (χ3n) is 5.17. The highest BCUT2D eigenvalue weighted by Crippen LogP contribution is 2.29. The third-order valence-corrected chi connectivity index (χ3v) is 5.17. The van der Waals surface area contributed by atoms with Crippen molar-refractivity contribution in [1.82, 2.24) is 0 Å². The van der Waals surface area contributed by atoms with Gasteiger partial charge in [0.1, 0.15) is 0 Å². The summed E-state index contributed by atoms with van der Waals surface area (Å²) in [4.78, 5) is 4.99. The van der Waals surface area contributed by atoms with Gasteiger partial charge in [-0.25, -0.2) is 0 Å². The Morgan fingerprint density at radius 1 is 0.875 bits per heavy atom. The maximum Gasteiger partial charge on any atom is 0.0370 e. The zero-order chi connectivity index (χ0) is 16.4. The molecular formula is C21H27N3. The van der Waals surface area contributed by atoms with Gasteiger partial charge in [-0.3, -0.25) is 0 Å². The van der Waals surface area contributed by atoms with Crippen molar-refractivity contribution < 1.29 is 0 Å². The van der Waals surface area contributed by atoms with E-state index in [0.29, 0.717) is 0 Å². The van der Waals surface area contributed by atoms with Gasteiger partial charge in [-0.15, -0.1) is 0 Å². The van der Waals surface area contributed by atoms with Crippen molar-refractivity contribution in [2.45, 2.75) is 19.8 Å². The van der Waals surface area contributed by atoms with Gasteiger partial charge in [-0.2, -0.15) is 0 Å². The highest BCUT2D eigenvalue weighted by Gasteiger charge is 2.21. The molecule has 3 heteroatoms. The minimum atomic E-state index is 0.916. The second kappa shape index (κ2) is 6.76. The van der Waals surface area contributed by atoms with Crippen molar-refractivity contribution in [3.05, 3.63) is 54.1 Å². The molecule has 0 atom stereocenters. The average molecular weight is 321 g/mol. The molecular weight excluding hydrogens is 294 g/mol. The van der Waals surface area contributed by atoms with Crippen LogP contribution in [0.5, 0.6) is 0 Å². The molecule has 2 aromatic rings. The average Bonchev–Trinajstić information content (AvgIpc) is 3.45. The van der Waals surface area contributed by atoms with Gasteiger partial charge in [-0.1, -0.05) is 12.1 Å². The Kier molecular flexibility index (Phi) is 4.33. The van der Waals surface area contributed by atoms with Crippen molar-refractivity contribution in [2.24, 2.45) is 5.92 Å². The summed E-state index contributed by atoms with van der Waals surface area (Å²) in [5.74, 6) is 0.916. The predicted molar refractivity (Wildman–Crippen MR) is 103 cm³/mol. The lowest BCUT2D eigenvalue weighted by Crippen LogP contribution is -2.46. The number of piperazine rings is 1. The molecule has 1 saturated carbocycles. The molecule has 2 aliphatic rings. The summed E-state index contributed by atoms with van der Waals surface area (Å²) in [6.45, 7) is 7.65. The molecule has 0 aromatic heterocycles. The molecule has 2 aromatic carbocycles. The molecule has 0 spiro atoms. The van der Waals surface area contributed by atoms with E-state index in [4.69, 9.17) is 0 Å². The van der Waals surface area contributed by atoms with Crippen molar-refractivity contribution in [1.29, 1.82) is 0 Å². The standard InChI is InChI=1S/C21H27N3/c1-17-3-2-4-21(15-17)24-13-11-23(12-14-24)20-9-7-19(8-10-20)22-16-18-5-6-18/h2-4,7-10,15,18,22H,5-6,11-14,16H2,1H3. The molecule has 0 bridgehead atoms. The summed E-state index contributed by atoms with van der Waals surface area (Å²) >= 11 is 0. The van der Waals surface area contributed by atoms with Gasteiger partial charge in [-0.05, 0) is 67.6 Å². The highest BCUT2D eigenvalue weighted by molar-refractivity contribution is 5.57. The Morgan fingerprint density at radius 2 is 1.54 bits per heavy atom. The van der Waals surface area contributed by atoms with Crippen LogP contribution in [-0.2, 0) is 0 Å². The molecule has 1 heterocycles. The Labute approximate surface area is 145 Å². The fourth-order valence-corrected chi connectivity index (χ4v) is 3.42. The summed E-state index contributed by atoms with van der Waals surface area (Å²) in [5, 5.41) is 3.54. The minimum absolute atomic E-state index is 0.916. The molecule has 24 heavy (non-hydrogen) atoms. The van der Waals surface area contributed by atoms with Gasteiger partial charge in [0.05, 0.1) is 0 Å². The van der Waals surface area contributed by atoms with Crippen LogP contribution in [0.25, 0.3) is 0 Å². The van der Waals surface area contributed by atoms with Crippen LogP contribution >= 0.6 is 0 Å². The molecule has 0 radical (unpaired) electrons. The summed E-state index contributed by atoms with van der Waals surface area (Å²) in [5.41, 5.74) is 5.29. The molecule has 1 aliphatic carbocycles. The van der Waals surface area contributed by atoms with Crippen LogP contribution < -0.4 is 15.1 Å². The number of nitrogens with zero attached hydrogens (tertiary/aromatic N) is 2. The number of anilines is 3. The summed E-state index contributed by atoms with van der Waals surface area (Å²) in [6.07, 6.45) is 2.80. The smallest absolute Gasteiger partial charge is 0.0370 e. The molecule has 0 amide bonds. The van der Waals surface area contributed by atoms with Crippen molar-refractivity contribution in [2.75, 3.05) is 47.8 Å². The van der Waals surface area contributed by atoms with Crippen LogP contribution in [0.15, 0.2) is 48.5 Å². The van der Waals surface area contributed by atoms with Crippen LogP contribution in [0.4, 0.5) is 17.1 Å². The Morgan fingerprint density at radius 3 is 2.17 bits per heavy atom. The van der Waals surface area contributed by atoms with Gasteiger partial charge in [0.2, 0.25) is 0 Å². The first kappa shape index (κ1) is 15.4. The minimum Gasteiger partial charge on any atom is -0.385 e. The van der Waals surface area contributed by atoms with Gasteiger partial charge < -0.3 is 15.1 Å². The molecule has 126 valence electrons. The first-order valence-electron chi connectivity index (χ1n) is 9.18. The topological polar surface area (TPSA) is 18.5 Å². The molecule has 4 rings (SSSR count). The number of hydrogen-bond donors (Lipinski definition) is 1. The molecule has 3 nitrogen and oxygen atoms in total. The number of aryl methyl sites for hydroxylation is 1. The third kappa shape index (κ3) is 3.66. The monoisotopic (exact) mass is 321 g/mol. The van der Waals surface area contributed by atoms with Crippen LogP contribution in [0.2, 0.25) is 0 Å². The van der Waals surface area contributed by atoms with E-state index >= 15 is 0 Å². The summed E-state index contributed by atoms with van der Waals surface area (Å²) < 4.78 is 0. The second-order valence-corrected chi connectivity index (χ2v) is 7.18. The number of hydrogen-bond acceptors (Lipinski definition) is 3. The lowest BCUT2D eigenvalue weighted by atomic mass is 10.1. The first-order chi connectivity index (χ1) is 11.8. The van der Waals surface area contributed by atoms with E-state index in [0.717, 1.165) is 38.6 Å².